The molecule has 0 N–H and O–H groups in total. The Morgan fingerprint density at radius 2 is 2.12 bits per heavy atom. The topological polar surface area (TPSA) is 27.0 Å². The van der Waals surface area contributed by atoms with Gasteiger partial charge < -0.3 is 4.90 Å². The monoisotopic (exact) mass is 248 g/mol. The van der Waals surface area contributed by atoms with E-state index < -0.39 is 0 Å². The minimum atomic E-state index is 0.513. The van der Waals surface area contributed by atoms with E-state index in [0.29, 0.717) is 16.5 Å². The van der Waals surface area contributed by atoms with E-state index in [0.717, 1.165) is 38.0 Å². The molecule has 0 saturated carbocycles. The van der Waals surface area contributed by atoms with Crippen molar-refractivity contribution in [3.63, 3.8) is 0 Å². The molecule has 90 valence electrons. The first kappa shape index (κ1) is 12.4. The molecule has 0 bridgehead atoms. The molecule has 1 aliphatic rings. The maximum Gasteiger partial charge on any atom is 0.101 e. The van der Waals surface area contributed by atoms with Crippen LogP contribution in [-0.2, 0) is 0 Å². The first-order chi connectivity index (χ1) is 8.26. The van der Waals surface area contributed by atoms with Crippen LogP contribution in [0.5, 0.6) is 0 Å². The van der Waals surface area contributed by atoms with E-state index in [2.05, 4.69) is 24.0 Å². The van der Waals surface area contributed by atoms with Crippen molar-refractivity contribution in [1.82, 2.24) is 4.90 Å². The fourth-order valence-electron chi connectivity index (χ4n) is 2.51. The third-order valence-corrected chi connectivity index (χ3v) is 4.05. The predicted octanol–water partition coefficient (Wildman–Crippen LogP) is 3.41. The molecular weight excluding hydrogens is 232 g/mol. The molecule has 0 amide bonds. The fourth-order valence-corrected chi connectivity index (χ4v) is 2.83. The van der Waals surface area contributed by atoms with Crippen LogP contribution in [0.25, 0.3) is 0 Å². The molecule has 0 aliphatic carbocycles. The number of piperidine rings is 1. The largest absolute Gasteiger partial charge is 0.304 e. The standard InChI is InChI=1S/C14H17ClN2/c1-2-17-8-6-11(7-9-17)13-5-3-4-12(10-16)14(13)15/h3-5,11H,2,6-9H2,1H3. The Morgan fingerprint density at radius 3 is 2.71 bits per heavy atom. The minimum Gasteiger partial charge on any atom is -0.304 e. The lowest BCUT2D eigenvalue weighted by Gasteiger charge is -2.31. The van der Waals surface area contributed by atoms with Gasteiger partial charge in [0.2, 0.25) is 0 Å². The van der Waals surface area contributed by atoms with E-state index >= 15 is 0 Å². The highest BCUT2D eigenvalue weighted by Crippen LogP contribution is 2.34. The van der Waals surface area contributed by atoms with Gasteiger partial charge in [-0.3, -0.25) is 0 Å². The van der Waals surface area contributed by atoms with Gasteiger partial charge in [-0.1, -0.05) is 30.7 Å². The number of hydrogen-bond donors (Lipinski definition) is 0. The summed E-state index contributed by atoms with van der Waals surface area (Å²) in [4.78, 5) is 2.46. The lowest BCUT2D eigenvalue weighted by molar-refractivity contribution is 0.222. The SMILES string of the molecule is CCN1CCC(c2cccc(C#N)c2Cl)CC1. The second kappa shape index (κ2) is 5.53. The highest BCUT2D eigenvalue weighted by atomic mass is 35.5. The number of nitriles is 1. The number of likely N-dealkylation sites (tertiary alicyclic amines) is 1. The number of nitrogens with zero attached hydrogens (tertiary/aromatic N) is 2. The van der Waals surface area contributed by atoms with E-state index in [1.54, 1.807) is 6.07 Å². The van der Waals surface area contributed by atoms with Gasteiger partial charge in [-0.05, 0) is 50.0 Å². The van der Waals surface area contributed by atoms with Crippen molar-refractivity contribution in [2.24, 2.45) is 0 Å². The molecule has 1 aromatic rings. The van der Waals surface area contributed by atoms with Crippen molar-refractivity contribution >= 4 is 11.6 Å². The van der Waals surface area contributed by atoms with Crippen LogP contribution in [0, 0.1) is 11.3 Å². The molecular formula is C14H17ClN2. The third-order valence-electron chi connectivity index (χ3n) is 3.62. The zero-order valence-corrected chi connectivity index (χ0v) is 10.9. The summed E-state index contributed by atoms with van der Waals surface area (Å²) in [6.07, 6.45) is 2.28. The smallest absolute Gasteiger partial charge is 0.101 e. The van der Waals surface area contributed by atoms with Crippen molar-refractivity contribution in [2.75, 3.05) is 19.6 Å². The van der Waals surface area contributed by atoms with Gasteiger partial charge in [-0.15, -0.1) is 0 Å². The third kappa shape index (κ3) is 2.62. The van der Waals surface area contributed by atoms with Crippen molar-refractivity contribution in [3.05, 3.63) is 34.3 Å². The molecule has 1 saturated heterocycles. The van der Waals surface area contributed by atoms with Gasteiger partial charge in [-0.2, -0.15) is 5.26 Å². The van der Waals surface area contributed by atoms with E-state index in [4.69, 9.17) is 16.9 Å². The lowest BCUT2D eigenvalue weighted by atomic mass is 9.88. The van der Waals surface area contributed by atoms with Crippen LogP contribution < -0.4 is 0 Å². The van der Waals surface area contributed by atoms with E-state index in [1.807, 2.05) is 6.07 Å². The van der Waals surface area contributed by atoms with Gasteiger partial charge in [0.25, 0.3) is 0 Å². The molecule has 2 rings (SSSR count). The number of hydrogen-bond acceptors (Lipinski definition) is 2. The van der Waals surface area contributed by atoms with Crippen LogP contribution >= 0.6 is 11.6 Å². The number of benzene rings is 1. The average Bonchev–Trinajstić information content (AvgIpc) is 2.39. The molecule has 0 aromatic heterocycles. The Bertz CT molecular complexity index is 428. The van der Waals surface area contributed by atoms with Crippen LogP contribution in [0.1, 0.15) is 36.8 Å². The second-order valence-corrected chi connectivity index (χ2v) is 4.91. The summed E-state index contributed by atoms with van der Waals surface area (Å²) in [6, 6.07) is 7.94. The van der Waals surface area contributed by atoms with Crippen LogP contribution in [0.15, 0.2) is 18.2 Å². The van der Waals surface area contributed by atoms with Crippen LogP contribution in [0.3, 0.4) is 0 Å². The fraction of sp³-hybridized carbons (Fsp3) is 0.500. The van der Waals surface area contributed by atoms with Crippen molar-refractivity contribution in [3.8, 4) is 6.07 Å². The predicted molar refractivity (Wildman–Crippen MR) is 70.3 cm³/mol. The second-order valence-electron chi connectivity index (χ2n) is 4.53. The van der Waals surface area contributed by atoms with Gasteiger partial charge >= 0.3 is 0 Å². The molecule has 0 spiro atoms. The molecule has 1 fully saturated rings. The zero-order chi connectivity index (χ0) is 12.3. The zero-order valence-electron chi connectivity index (χ0n) is 10.1. The molecule has 2 nitrogen and oxygen atoms in total. The maximum absolute atomic E-state index is 8.98. The Hall–Kier alpha value is -1.04. The van der Waals surface area contributed by atoms with Gasteiger partial charge in [0.1, 0.15) is 6.07 Å². The summed E-state index contributed by atoms with van der Waals surface area (Å²) < 4.78 is 0. The molecule has 0 atom stereocenters. The molecule has 1 aliphatic heterocycles. The molecule has 0 unspecified atom stereocenters. The average molecular weight is 249 g/mol. The summed E-state index contributed by atoms with van der Waals surface area (Å²) >= 11 is 6.28. The number of halogens is 1. The van der Waals surface area contributed by atoms with Crippen molar-refractivity contribution in [2.45, 2.75) is 25.7 Å². The number of rotatable bonds is 2. The summed E-state index contributed by atoms with van der Waals surface area (Å²) in [5, 5.41) is 9.64. The lowest BCUT2D eigenvalue weighted by Crippen LogP contribution is -2.32. The van der Waals surface area contributed by atoms with Crippen molar-refractivity contribution < 1.29 is 0 Å². The molecule has 1 heterocycles. The van der Waals surface area contributed by atoms with E-state index in [9.17, 15) is 0 Å². The van der Waals surface area contributed by atoms with E-state index in [-0.39, 0.29) is 0 Å². The van der Waals surface area contributed by atoms with E-state index in [1.165, 1.54) is 0 Å². The Labute approximate surface area is 108 Å². The quantitative estimate of drug-likeness (QED) is 0.802. The molecule has 0 radical (unpaired) electrons. The minimum absolute atomic E-state index is 0.513. The summed E-state index contributed by atoms with van der Waals surface area (Å²) in [5.41, 5.74) is 1.75. The van der Waals surface area contributed by atoms with Crippen LogP contribution in [-0.4, -0.2) is 24.5 Å². The Morgan fingerprint density at radius 1 is 1.41 bits per heavy atom. The van der Waals surface area contributed by atoms with Gasteiger partial charge in [0, 0.05) is 0 Å². The molecule has 3 heteroatoms. The summed E-state index contributed by atoms with van der Waals surface area (Å²) in [7, 11) is 0. The highest BCUT2D eigenvalue weighted by molar-refractivity contribution is 6.32. The normalized spacial score (nSPS) is 17.9. The first-order valence-electron chi connectivity index (χ1n) is 6.17. The Balaban J connectivity index is 2.16. The van der Waals surface area contributed by atoms with Crippen LogP contribution in [0.2, 0.25) is 5.02 Å². The summed E-state index contributed by atoms with van der Waals surface area (Å²) in [5.74, 6) is 0.513. The highest BCUT2D eigenvalue weighted by Gasteiger charge is 2.22. The Kier molecular flexibility index (Phi) is 4.04. The van der Waals surface area contributed by atoms with Gasteiger partial charge in [0.05, 0.1) is 10.6 Å². The van der Waals surface area contributed by atoms with Gasteiger partial charge in [-0.25, -0.2) is 0 Å². The molecule has 17 heavy (non-hydrogen) atoms. The molecule has 1 aromatic carbocycles. The maximum atomic E-state index is 8.98. The van der Waals surface area contributed by atoms with Gasteiger partial charge in [0.15, 0.2) is 0 Å². The van der Waals surface area contributed by atoms with Crippen LogP contribution in [0.4, 0.5) is 0 Å². The summed E-state index contributed by atoms with van der Waals surface area (Å²) in [6.45, 7) is 5.59. The van der Waals surface area contributed by atoms with Crippen molar-refractivity contribution in [1.29, 1.82) is 5.26 Å². The first-order valence-corrected chi connectivity index (χ1v) is 6.55.